The molecule has 0 saturated carbocycles. The van der Waals surface area contributed by atoms with Gasteiger partial charge in [-0.15, -0.1) is 10.2 Å². The van der Waals surface area contributed by atoms with Gasteiger partial charge < -0.3 is 19.4 Å². The van der Waals surface area contributed by atoms with E-state index in [1.165, 1.54) is 17.3 Å². The van der Waals surface area contributed by atoms with Crippen LogP contribution in [0.15, 0.2) is 53.7 Å². The summed E-state index contributed by atoms with van der Waals surface area (Å²) in [4.78, 5) is 12.3. The average molecular weight is 427 g/mol. The quantitative estimate of drug-likeness (QED) is 0.515. The van der Waals surface area contributed by atoms with Crippen molar-refractivity contribution in [3.8, 4) is 11.5 Å². The minimum atomic E-state index is -0.269. The molecule has 1 heterocycles. The number of hydrogen-bond acceptors (Lipinski definition) is 6. The van der Waals surface area contributed by atoms with Gasteiger partial charge in [-0.2, -0.15) is 0 Å². The molecule has 0 fully saturated rings. The molecule has 0 aliphatic rings. The van der Waals surface area contributed by atoms with E-state index in [1.54, 1.807) is 13.2 Å². The zero-order valence-corrected chi connectivity index (χ0v) is 18.4. The molecule has 1 N–H and O–H groups in total. The van der Waals surface area contributed by atoms with Gasteiger partial charge in [-0.3, -0.25) is 4.79 Å². The summed E-state index contributed by atoms with van der Waals surface area (Å²) in [5, 5.41) is 12.0. The van der Waals surface area contributed by atoms with Crippen LogP contribution in [-0.4, -0.2) is 33.5 Å². The number of nitrogens with one attached hydrogen (secondary N) is 1. The molecule has 3 aromatic rings. The molecule has 1 aromatic heterocycles. The molecular formula is C22H26N4O3S. The summed E-state index contributed by atoms with van der Waals surface area (Å²) in [5.74, 6) is 2.27. The van der Waals surface area contributed by atoms with E-state index in [0.717, 1.165) is 12.2 Å². The van der Waals surface area contributed by atoms with E-state index < -0.39 is 0 Å². The molecule has 0 unspecified atom stereocenters. The number of hydrogen-bond donors (Lipinski definition) is 1. The Bertz CT molecular complexity index is 988. The van der Waals surface area contributed by atoms with Gasteiger partial charge in [0.15, 0.2) is 17.1 Å². The number of rotatable bonds is 9. The molecule has 2 aromatic carbocycles. The number of aryl methyl sites for hydroxylation is 1. The number of anilines is 1. The number of ether oxygens (including phenoxy) is 2. The minimum absolute atomic E-state index is 0.127. The first kappa shape index (κ1) is 21.7. The highest BCUT2D eigenvalue weighted by Gasteiger charge is 2.18. The number of carbonyl (C=O) groups excluding carboxylic acids is 1. The van der Waals surface area contributed by atoms with Gasteiger partial charge in [0.2, 0.25) is 5.91 Å². The van der Waals surface area contributed by atoms with E-state index in [2.05, 4.69) is 34.6 Å². The standard InChI is InChI=1S/C22H26N4O3S/c1-5-16-9-11-18(12-10-16)29-15(2)21-24-25-22(26(21)3)30-14-20(27)23-17-7-6-8-19(13-17)28-4/h6-13,15H,5,14H2,1-4H3,(H,23,27)/t15-/m0/s1. The van der Waals surface area contributed by atoms with E-state index in [0.29, 0.717) is 22.4 Å². The predicted molar refractivity (Wildman–Crippen MR) is 118 cm³/mol. The van der Waals surface area contributed by atoms with E-state index in [-0.39, 0.29) is 17.8 Å². The van der Waals surface area contributed by atoms with Crippen LogP contribution in [0.1, 0.15) is 31.3 Å². The van der Waals surface area contributed by atoms with E-state index in [4.69, 9.17) is 9.47 Å². The van der Waals surface area contributed by atoms with Gasteiger partial charge in [0.25, 0.3) is 0 Å². The van der Waals surface area contributed by atoms with E-state index in [1.807, 2.05) is 48.9 Å². The van der Waals surface area contributed by atoms with Crippen LogP contribution < -0.4 is 14.8 Å². The highest BCUT2D eigenvalue weighted by Crippen LogP contribution is 2.24. The van der Waals surface area contributed by atoms with Gasteiger partial charge in [0.1, 0.15) is 11.5 Å². The highest BCUT2D eigenvalue weighted by atomic mass is 32.2. The molecule has 0 saturated heterocycles. The Morgan fingerprint density at radius 3 is 2.63 bits per heavy atom. The van der Waals surface area contributed by atoms with Crippen LogP contribution >= 0.6 is 11.8 Å². The maximum atomic E-state index is 12.3. The molecule has 3 rings (SSSR count). The zero-order chi connectivity index (χ0) is 21.5. The van der Waals surface area contributed by atoms with Gasteiger partial charge in [-0.1, -0.05) is 36.9 Å². The number of amides is 1. The second kappa shape index (κ2) is 10.2. The maximum Gasteiger partial charge on any atom is 0.234 e. The Hall–Kier alpha value is -3.00. The Morgan fingerprint density at radius 2 is 1.93 bits per heavy atom. The fourth-order valence-electron chi connectivity index (χ4n) is 2.89. The summed E-state index contributed by atoms with van der Waals surface area (Å²) in [6, 6.07) is 15.3. The Balaban J connectivity index is 1.56. The van der Waals surface area contributed by atoms with Gasteiger partial charge in [-0.25, -0.2) is 0 Å². The van der Waals surface area contributed by atoms with E-state index in [9.17, 15) is 4.79 Å². The van der Waals surface area contributed by atoms with Crippen LogP contribution in [0.2, 0.25) is 0 Å². The number of aromatic nitrogens is 3. The number of thioether (sulfide) groups is 1. The summed E-state index contributed by atoms with van der Waals surface area (Å²) in [7, 11) is 3.46. The third-order valence-electron chi connectivity index (χ3n) is 4.56. The average Bonchev–Trinajstić information content (AvgIpc) is 3.13. The van der Waals surface area contributed by atoms with Crippen molar-refractivity contribution in [3.63, 3.8) is 0 Å². The van der Waals surface area contributed by atoms with Gasteiger partial charge in [-0.05, 0) is 43.2 Å². The van der Waals surface area contributed by atoms with Crippen molar-refractivity contribution >= 4 is 23.4 Å². The number of methoxy groups -OCH3 is 1. The fourth-order valence-corrected chi connectivity index (χ4v) is 3.61. The van der Waals surface area contributed by atoms with Gasteiger partial charge in [0.05, 0.1) is 12.9 Å². The molecule has 1 atom stereocenters. The van der Waals surface area contributed by atoms with Gasteiger partial charge >= 0.3 is 0 Å². The van der Waals surface area contributed by atoms with Crippen molar-refractivity contribution in [1.29, 1.82) is 0 Å². The molecule has 7 nitrogen and oxygen atoms in total. The zero-order valence-electron chi connectivity index (χ0n) is 17.6. The second-order valence-electron chi connectivity index (χ2n) is 6.73. The Labute approximate surface area is 180 Å². The Morgan fingerprint density at radius 1 is 1.17 bits per heavy atom. The summed E-state index contributed by atoms with van der Waals surface area (Å²) in [6.07, 6.45) is 0.723. The lowest BCUT2D eigenvalue weighted by Gasteiger charge is -2.14. The molecule has 0 bridgehead atoms. The molecule has 0 aliphatic carbocycles. The smallest absolute Gasteiger partial charge is 0.234 e. The lowest BCUT2D eigenvalue weighted by Crippen LogP contribution is -2.15. The van der Waals surface area contributed by atoms with Crippen molar-refractivity contribution in [1.82, 2.24) is 14.8 Å². The molecule has 1 amide bonds. The number of benzene rings is 2. The molecule has 0 radical (unpaired) electrons. The first-order valence-electron chi connectivity index (χ1n) is 9.71. The summed E-state index contributed by atoms with van der Waals surface area (Å²) >= 11 is 1.32. The van der Waals surface area contributed by atoms with Crippen LogP contribution in [-0.2, 0) is 18.3 Å². The largest absolute Gasteiger partial charge is 0.497 e. The third-order valence-corrected chi connectivity index (χ3v) is 5.58. The van der Waals surface area contributed by atoms with Crippen molar-refractivity contribution in [2.75, 3.05) is 18.2 Å². The van der Waals surface area contributed by atoms with Crippen LogP contribution in [0.4, 0.5) is 5.69 Å². The molecule has 8 heteroatoms. The van der Waals surface area contributed by atoms with Crippen molar-refractivity contribution in [3.05, 3.63) is 59.9 Å². The summed E-state index contributed by atoms with van der Waals surface area (Å²) in [5.41, 5.74) is 1.95. The topological polar surface area (TPSA) is 78.3 Å². The van der Waals surface area contributed by atoms with Crippen LogP contribution in [0, 0.1) is 0 Å². The molecule has 0 aliphatic heterocycles. The van der Waals surface area contributed by atoms with E-state index >= 15 is 0 Å². The number of nitrogens with zero attached hydrogens (tertiary/aromatic N) is 3. The van der Waals surface area contributed by atoms with Crippen molar-refractivity contribution in [2.45, 2.75) is 31.5 Å². The SMILES string of the molecule is CCc1ccc(O[C@@H](C)c2nnc(SCC(=O)Nc3cccc(OC)c3)n2C)cc1. The minimum Gasteiger partial charge on any atom is -0.497 e. The monoisotopic (exact) mass is 426 g/mol. The lowest BCUT2D eigenvalue weighted by atomic mass is 10.2. The molecule has 0 spiro atoms. The van der Waals surface area contributed by atoms with Crippen molar-refractivity contribution in [2.24, 2.45) is 7.05 Å². The summed E-state index contributed by atoms with van der Waals surface area (Å²) < 4.78 is 13.0. The van der Waals surface area contributed by atoms with Gasteiger partial charge in [0, 0.05) is 18.8 Å². The van der Waals surface area contributed by atoms with Crippen LogP contribution in [0.25, 0.3) is 0 Å². The van der Waals surface area contributed by atoms with Crippen LogP contribution in [0.5, 0.6) is 11.5 Å². The first-order valence-corrected chi connectivity index (χ1v) is 10.7. The third kappa shape index (κ3) is 5.54. The summed E-state index contributed by atoms with van der Waals surface area (Å²) in [6.45, 7) is 4.05. The highest BCUT2D eigenvalue weighted by molar-refractivity contribution is 7.99. The molecule has 158 valence electrons. The first-order chi connectivity index (χ1) is 14.5. The maximum absolute atomic E-state index is 12.3. The lowest BCUT2D eigenvalue weighted by molar-refractivity contribution is -0.113. The fraction of sp³-hybridized carbons (Fsp3) is 0.318. The number of carbonyl (C=O) groups is 1. The molecule has 30 heavy (non-hydrogen) atoms. The molecular weight excluding hydrogens is 400 g/mol. The normalized spacial score (nSPS) is 11.7. The Kier molecular flexibility index (Phi) is 7.35. The van der Waals surface area contributed by atoms with Crippen LogP contribution in [0.3, 0.4) is 0 Å². The second-order valence-corrected chi connectivity index (χ2v) is 7.67. The van der Waals surface area contributed by atoms with Crippen molar-refractivity contribution < 1.29 is 14.3 Å². The predicted octanol–water partition coefficient (Wildman–Crippen LogP) is 4.26.